The molecule has 138 valence electrons. The van der Waals surface area contributed by atoms with Gasteiger partial charge in [-0.3, -0.25) is 0 Å². The van der Waals surface area contributed by atoms with Gasteiger partial charge in [-0.1, -0.05) is 12.1 Å². The zero-order chi connectivity index (χ0) is 18.4. The smallest absolute Gasteiger partial charge is 0.348 e. The number of rotatable bonds is 2. The number of para-hydroxylation sites is 2. The third-order valence-corrected chi connectivity index (χ3v) is 6.42. The molecule has 1 aromatic carbocycles. The van der Waals surface area contributed by atoms with Crippen LogP contribution >= 0.6 is 11.3 Å². The average Bonchev–Trinajstić information content (AvgIpc) is 3.11. The van der Waals surface area contributed by atoms with Gasteiger partial charge in [-0.05, 0) is 43.4 Å². The van der Waals surface area contributed by atoms with Crippen LogP contribution in [0.5, 0.6) is 5.75 Å². The molecule has 2 aromatic heterocycles. The Bertz CT molecular complexity index is 1030. The Morgan fingerprint density at radius 1 is 1.26 bits per heavy atom. The van der Waals surface area contributed by atoms with Crippen LogP contribution in [0.15, 0.2) is 30.6 Å². The summed E-state index contributed by atoms with van der Waals surface area (Å²) >= 11 is 1.77. The summed E-state index contributed by atoms with van der Waals surface area (Å²) in [5, 5.41) is 1.12. The minimum Gasteiger partial charge on any atom is -0.475 e. The van der Waals surface area contributed by atoms with E-state index >= 15 is 0 Å². The molecule has 2 aliphatic rings. The van der Waals surface area contributed by atoms with Gasteiger partial charge in [-0.2, -0.15) is 0 Å². The summed E-state index contributed by atoms with van der Waals surface area (Å²) < 4.78 is 10.8. The van der Waals surface area contributed by atoms with Crippen molar-refractivity contribution in [2.75, 3.05) is 18.6 Å². The number of anilines is 2. The monoisotopic (exact) mass is 381 g/mol. The van der Waals surface area contributed by atoms with Gasteiger partial charge < -0.3 is 14.4 Å². The molecule has 7 heteroatoms. The van der Waals surface area contributed by atoms with Crippen LogP contribution < -0.4 is 9.64 Å². The van der Waals surface area contributed by atoms with E-state index in [1.807, 2.05) is 24.3 Å². The molecule has 0 saturated carbocycles. The Labute approximate surface area is 160 Å². The highest BCUT2D eigenvalue weighted by molar-refractivity contribution is 7.19. The van der Waals surface area contributed by atoms with Crippen LogP contribution in [0, 0.1) is 0 Å². The van der Waals surface area contributed by atoms with Crippen molar-refractivity contribution in [1.29, 1.82) is 0 Å². The third kappa shape index (κ3) is 2.65. The Morgan fingerprint density at radius 2 is 2.11 bits per heavy atom. The molecule has 27 heavy (non-hydrogen) atoms. The molecule has 0 bridgehead atoms. The summed E-state index contributed by atoms with van der Waals surface area (Å²) in [7, 11) is 1.38. The Morgan fingerprint density at radius 3 is 3.00 bits per heavy atom. The molecule has 3 aromatic rings. The van der Waals surface area contributed by atoms with Gasteiger partial charge in [-0.15, -0.1) is 11.3 Å². The third-order valence-electron chi connectivity index (χ3n) is 5.22. The summed E-state index contributed by atoms with van der Waals surface area (Å²) in [5.41, 5.74) is 2.28. The number of esters is 1. The van der Waals surface area contributed by atoms with Crippen LogP contribution in [-0.4, -0.2) is 35.7 Å². The standard InChI is InChI=1S/C20H19N3O3S/c1-25-20(24)15-10-23(13-7-3-4-8-14(13)26-15)18-17-12-6-2-5-9-16(12)27-19(17)22-11-21-18/h3-4,7-8,11,15H,2,5-6,9-10H2,1H3/t15-/m0/s1. The highest BCUT2D eigenvalue weighted by Gasteiger charge is 2.34. The van der Waals surface area contributed by atoms with E-state index in [9.17, 15) is 4.79 Å². The molecule has 0 unspecified atom stereocenters. The zero-order valence-corrected chi connectivity index (χ0v) is 15.8. The number of ether oxygens (including phenoxy) is 2. The normalized spacial score (nSPS) is 18.6. The molecule has 0 fully saturated rings. The topological polar surface area (TPSA) is 64.5 Å². The SMILES string of the molecule is COC(=O)[C@@H]1CN(c2ncnc3sc4c(c23)CCCC4)c2ccccc2O1. The highest BCUT2D eigenvalue weighted by atomic mass is 32.1. The van der Waals surface area contributed by atoms with Crippen molar-refractivity contribution in [1.82, 2.24) is 9.97 Å². The van der Waals surface area contributed by atoms with Crippen molar-refractivity contribution < 1.29 is 14.3 Å². The van der Waals surface area contributed by atoms with E-state index in [-0.39, 0.29) is 5.97 Å². The number of carbonyl (C=O) groups excluding carboxylic acids is 1. The summed E-state index contributed by atoms with van der Waals surface area (Å²) in [6.45, 7) is 0.362. The number of hydrogen-bond acceptors (Lipinski definition) is 7. The predicted molar refractivity (Wildman–Crippen MR) is 104 cm³/mol. The second-order valence-electron chi connectivity index (χ2n) is 6.80. The number of nitrogens with zero attached hydrogens (tertiary/aromatic N) is 3. The molecule has 0 radical (unpaired) electrons. The fraction of sp³-hybridized carbons (Fsp3) is 0.350. The molecule has 1 atom stereocenters. The first kappa shape index (κ1) is 16.5. The largest absolute Gasteiger partial charge is 0.475 e. The number of aromatic nitrogens is 2. The first-order chi connectivity index (χ1) is 13.3. The number of fused-ring (bicyclic) bond motifs is 4. The van der Waals surface area contributed by atoms with E-state index in [4.69, 9.17) is 9.47 Å². The lowest BCUT2D eigenvalue weighted by Gasteiger charge is -2.34. The van der Waals surface area contributed by atoms with Crippen LogP contribution in [-0.2, 0) is 22.4 Å². The second-order valence-corrected chi connectivity index (χ2v) is 7.88. The lowest BCUT2D eigenvalue weighted by atomic mass is 9.96. The number of carbonyl (C=O) groups is 1. The van der Waals surface area contributed by atoms with Crippen LogP contribution in [0.3, 0.4) is 0 Å². The fourth-order valence-corrected chi connectivity index (χ4v) is 5.19. The van der Waals surface area contributed by atoms with Gasteiger partial charge in [-0.25, -0.2) is 14.8 Å². The number of methoxy groups -OCH3 is 1. The minimum absolute atomic E-state index is 0.362. The van der Waals surface area contributed by atoms with E-state index in [0.29, 0.717) is 12.3 Å². The molecule has 0 spiro atoms. The van der Waals surface area contributed by atoms with Crippen LogP contribution in [0.25, 0.3) is 10.2 Å². The van der Waals surface area contributed by atoms with Gasteiger partial charge >= 0.3 is 5.97 Å². The molecule has 5 rings (SSSR count). The summed E-state index contributed by atoms with van der Waals surface area (Å²) in [4.78, 5) is 25.9. The van der Waals surface area contributed by atoms with Gasteiger partial charge in [0.1, 0.15) is 22.7 Å². The number of aryl methyl sites for hydroxylation is 2. The van der Waals surface area contributed by atoms with Crippen LogP contribution in [0.2, 0.25) is 0 Å². The molecule has 1 aliphatic heterocycles. The predicted octanol–water partition coefficient (Wildman–Crippen LogP) is 3.64. The molecule has 0 amide bonds. The average molecular weight is 381 g/mol. The maximum absolute atomic E-state index is 12.2. The molecule has 6 nitrogen and oxygen atoms in total. The molecular formula is C20H19N3O3S. The number of hydrogen-bond donors (Lipinski definition) is 0. The zero-order valence-electron chi connectivity index (χ0n) is 15.0. The molecule has 0 saturated heterocycles. The summed E-state index contributed by atoms with van der Waals surface area (Å²) in [6, 6.07) is 7.74. The van der Waals surface area contributed by atoms with E-state index in [0.717, 1.165) is 34.6 Å². The number of thiophene rings is 1. The van der Waals surface area contributed by atoms with Gasteiger partial charge in [0.15, 0.2) is 0 Å². The van der Waals surface area contributed by atoms with E-state index in [2.05, 4.69) is 14.9 Å². The summed E-state index contributed by atoms with van der Waals surface area (Å²) in [6.07, 6.45) is 5.52. The quantitative estimate of drug-likeness (QED) is 0.632. The molecule has 1 aliphatic carbocycles. The maximum Gasteiger partial charge on any atom is 0.348 e. The lowest BCUT2D eigenvalue weighted by Crippen LogP contribution is -2.43. The number of benzene rings is 1. The first-order valence-electron chi connectivity index (χ1n) is 9.12. The Hall–Kier alpha value is -2.67. The van der Waals surface area contributed by atoms with E-state index in [1.54, 1.807) is 17.7 Å². The minimum atomic E-state index is -0.690. The van der Waals surface area contributed by atoms with Gasteiger partial charge in [0.05, 0.1) is 24.7 Å². The van der Waals surface area contributed by atoms with E-state index in [1.165, 1.54) is 30.4 Å². The van der Waals surface area contributed by atoms with Crippen molar-refractivity contribution >= 4 is 39.0 Å². The van der Waals surface area contributed by atoms with Gasteiger partial charge in [0.25, 0.3) is 0 Å². The van der Waals surface area contributed by atoms with E-state index < -0.39 is 6.10 Å². The van der Waals surface area contributed by atoms with Crippen molar-refractivity contribution in [2.24, 2.45) is 0 Å². The fourth-order valence-electron chi connectivity index (χ4n) is 3.97. The van der Waals surface area contributed by atoms with Crippen molar-refractivity contribution in [3.8, 4) is 5.75 Å². The Kier molecular flexibility index (Phi) is 3.97. The molecular weight excluding hydrogens is 362 g/mol. The van der Waals surface area contributed by atoms with Crippen molar-refractivity contribution in [3.63, 3.8) is 0 Å². The van der Waals surface area contributed by atoms with Crippen molar-refractivity contribution in [2.45, 2.75) is 31.8 Å². The van der Waals surface area contributed by atoms with Gasteiger partial charge in [0, 0.05) is 4.88 Å². The first-order valence-corrected chi connectivity index (χ1v) is 9.94. The van der Waals surface area contributed by atoms with Crippen LogP contribution in [0.4, 0.5) is 11.5 Å². The molecule has 3 heterocycles. The van der Waals surface area contributed by atoms with Gasteiger partial charge in [0.2, 0.25) is 6.10 Å². The van der Waals surface area contributed by atoms with Crippen LogP contribution in [0.1, 0.15) is 23.3 Å². The summed E-state index contributed by atoms with van der Waals surface area (Å²) in [5.74, 6) is 1.13. The Balaban J connectivity index is 1.69. The lowest BCUT2D eigenvalue weighted by molar-refractivity contribution is -0.148. The van der Waals surface area contributed by atoms with Crippen molar-refractivity contribution in [3.05, 3.63) is 41.0 Å². The second kappa shape index (κ2) is 6.49. The highest BCUT2D eigenvalue weighted by Crippen LogP contribution is 2.44. The molecule has 0 N–H and O–H groups in total. The maximum atomic E-state index is 12.2.